The molecule has 1 atom stereocenters. The maximum Gasteiger partial charge on any atom is 0.411 e. The molecular weight excluding hydrogens is 446 g/mol. The van der Waals surface area contributed by atoms with Gasteiger partial charge in [-0.05, 0) is 52.8 Å². The second kappa shape index (κ2) is 8.65. The highest BCUT2D eigenvalue weighted by atomic mass is 16.6. The van der Waals surface area contributed by atoms with Crippen molar-refractivity contribution < 1.29 is 28.9 Å². The van der Waals surface area contributed by atoms with E-state index in [0.717, 1.165) is 35.1 Å². The second-order valence-electron chi connectivity index (χ2n) is 9.09. The molecule has 0 spiro atoms. The van der Waals surface area contributed by atoms with E-state index in [-0.39, 0.29) is 18.6 Å². The Labute approximate surface area is 202 Å². The number of hydrogen-bond donors (Lipinski definition) is 1. The second-order valence-corrected chi connectivity index (χ2v) is 9.09. The van der Waals surface area contributed by atoms with E-state index < -0.39 is 18.1 Å². The van der Waals surface area contributed by atoms with Crippen LogP contribution >= 0.6 is 0 Å². The molecule has 35 heavy (non-hydrogen) atoms. The van der Waals surface area contributed by atoms with Crippen LogP contribution in [0.25, 0.3) is 11.1 Å². The highest BCUT2D eigenvalue weighted by Gasteiger charge is 2.43. The Morgan fingerprint density at radius 1 is 0.914 bits per heavy atom. The van der Waals surface area contributed by atoms with Crippen LogP contribution in [0.1, 0.15) is 41.5 Å². The monoisotopic (exact) mass is 471 g/mol. The number of ether oxygens (including phenoxy) is 3. The van der Waals surface area contributed by atoms with Gasteiger partial charge in [-0.1, -0.05) is 54.6 Å². The molecule has 1 aliphatic heterocycles. The van der Waals surface area contributed by atoms with Gasteiger partial charge < -0.3 is 19.3 Å². The molecular formula is C28H25NO6. The summed E-state index contributed by atoms with van der Waals surface area (Å²) in [6.45, 7) is 0.985. The average Bonchev–Trinajstić information content (AvgIpc) is 3.67. The molecule has 3 aliphatic rings. The predicted octanol–water partition coefficient (Wildman–Crippen LogP) is 5.00. The fraction of sp³-hybridized carbons (Fsp3) is 0.286. The maximum absolute atomic E-state index is 13.4. The van der Waals surface area contributed by atoms with Crippen molar-refractivity contribution in [3.63, 3.8) is 0 Å². The summed E-state index contributed by atoms with van der Waals surface area (Å²) in [7, 11) is 0. The van der Waals surface area contributed by atoms with Gasteiger partial charge in [0.2, 0.25) is 0 Å². The van der Waals surface area contributed by atoms with E-state index in [1.165, 1.54) is 4.90 Å². The normalized spacial score (nSPS) is 16.7. The molecule has 178 valence electrons. The zero-order valence-electron chi connectivity index (χ0n) is 19.1. The number of amides is 1. The van der Waals surface area contributed by atoms with Crippen molar-refractivity contribution in [2.45, 2.75) is 30.8 Å². The molecule has 0 bridgehead atoms. The van der Waals surface area contributed by atoms with Crippen LogP contribution in [0.15, 0.2) is 66.7 Å². The lowest BCUT2D eigenvalue weighted by molar-refractivity contribution is -0.143. The van der Waals surface area contributed by atoms with Gasteiger partial charge in [0.05, 0.1) is 0 Å². The van der Waals surface area contributed by atoms with Crippen molar-refractivity contribution >= 4 is 12.1 Å². The molecule has 7 heteroatoms. The minimum Gasteiger partial charge on any atom is -0.486 e. The Morgan fingerprint density at radius 2 is 1.54 bits per heavy atom. The molecule has 6 rings (SSSR count). The molecule has 3 aromatic rings. The van der Waals surface area contributed by atoms with Crippen LogP contribution < -0.4 is 9.47 Å². The fourth-order valence-corrected chi connectivity index (χ4v) is 5.14. The third-order valence-corrected chi connectivity index (χ3v) is 6.88. The largest absolute Gasteiger partial charge is 0.486 e. The molecule has 0 aromatic heterocycles. The summed E-state index contributed by atoms with van der Waals surface area (Å²) in [6, 6.07) is 19.9. The molecule has 0 saturated heterocycles. The zero-order chi connectivity index (χ0) is 23.9. The summed E-state index contributed by atoms with van der Waals surface area (Å²) in [5, 5.41) is 10.1. The minimum absolute atomic E-state index is 0.0926. The van der Waals surface area contributed by atoms with Crippen LogP contribution in [0, 0.1) is 0 Å². The summed E-state index contributed by atoms with van der Waals surface area (Å²) >= 11 is 0. The Kier molecular flexibility index (Phi) is 5.32. The highest BCUT2D eigenvalue weighted by Crippen LogP contribution is 2.45. The van der Waals surface area contributed by atoms with Crippen molar-refractivity contribution in [3.8, 4) is 22.6 Å². The first-order valence-electron chi connectivity index (χ1n) is 11.9. The highest BCUT2D eigenvalue weighted by molar-refractivity contribution is 5.83. The van der Waals surface area contributed by atoms with Gasteiger partial charge >= 0.3 is 12.1 Å². The summed E-state index contributed by atoms with van der Waals surface area (Å²) in [5.41, 5.74) is 4.97. The quantitative estimate of drug-likeness (QED) is 0.545. The number of carbonyl (C=O) groups excluding carboxylic acids is 1. The van der Waals surface area contributed by atoms with Crippen LogP contribution in [0.5, 0.6) is 11.5 Å². The number of fused-ring (bicyclic) bond motifs is 4. The molecule has 1 saturated carbocycles. The lowest BCUT2D eigenvalue weighted by Gasteiger charge is -2.30. The van der Waals surface area contributed by atoms with Crippen molar-refractivity contribution in [1.29, 1.82) is 0 Å². The van der Waals surface area contributed by atoms with Crippen molar-refractivity contribution in [1.82, 2.24) is 4.90 Å². The molecule has 1 heterocycles. The third-order valence-electron chi connectivity index (χ3n) is 6.88. The summed E-state index contributed by atoms with van der Waals surface area (Å²) in [6.07, 6.45) is 0.883. The topological polar surface area (TPSA) is 85.3 Å². The van der Waals surface area contributed by atoms with Gasteiger partial charge in [-0.2, -0.15) is 0 Å². The number of carbonyl (C=O) groups is 2. The van der Waals surface area contributed by atoms with Gasteiger partial charge in [0.15, 0.2) is 17.5 Å². The molecule has 2 aliphatic carbocycles. The van der Waals surface area contributed by atoms with E-state index >= 15 is 0 Å². The van der Waals surface area contributed by atoms with Gasteiger partial charge in [-0.15, -0.1) is 0 Å². The van der Waals surface area contributed by atoms with E-state index in [0.29, 0.717) is 30.3 Å². The lowest BCUT2D eigenvalue weighted by Crippen LogP contribution is -2.41. The lowest BCUT2D eigenvalue weighted by atomic mass is 9.98. The molecule has 1 amide bonds. The van der Waals surface area contributed by atoms with E-state index in [4.69, 9.17) is 14.2 Å². The predicted molar refractivity (Wildman–Crippen MR) is 128 cm³/mol. The molecule has 7 nitrogen and oxygen atoms in total. The maximum atomic E-state index is 13.4. The number of carboxylic acid groups (broad SMARTS) is 1. The summed E-state index contributed by atoms with van der Waals surface area (Å²) < 4.78 is 17.0. The number of aliphatic carboxylic acids is 1. The number of hydrogen-bond acceptors (Lipinski definition) is 5. The molecule has 1 fully saturated rings. The van der Waals surface area contributed by atoms with Gasteiger partial charge in [0.1, 0.15) is 19.8 Å². The third kappa shape index (κ3) is 3.87. The van der Waals surface area contributed by atoms with Crippen molar-refractivity contribution in [2.75, 3.05) is 19.8 Å². The van der Waals surface area contributed by atoms with Crippen LogP contribution in [0.4, 0.5) is 4.79 Å². The molecule has 3 aromatic carbocycles. The number of carboxylic acids is 1. The van der Waals surface area contributed by atoms with Gasteiger partial charge in [0.25, 0.3) is 0 Å². The smallest absolute Gasteiger partial charge is 0.411 e. The first-order chi connectivity index (χ1) is 17.1. The first kappa shape index (κ1) is 21.5. The fourth-order valence-electron chi connectivity index (χ4n) is 5.14. The molecule has 1 N–H and O–H groups in total. The Bertz CT molecular complexity index is 1250. The number of benzene rings is 3. The van der Waals surface area contributed by atoms with Gasteiger partial charge in [-0.25, -0.2) is 9.59 Å². The van der Waals surface area contributed by atoms with Crippen LogP contribution in [-0.4, -0.2) is 47.9 Å². The van der Waals surface area contributed by atoms with Gasteiger partial charge in [0, 0.05) is 12.0 Å². The average molecular weight is 472 g/mol. The Morgan fingerprint density at radius 3 is 2.17 bits per heavy atom. The van der Waals surface area contributed by atoms with E-state index in [2.05, 4.69) is 24.3 Å². The van der Waals surface area contributed by atoms with Crippen LogP contribution in [0.3, 0.4) is 0 Å². The number of rotatable bonds is 6. The standard InChI is InChI=1S/C28H25NO6/c30-27(31)26(17-9-12-24-25(15-17)34-14-13-33-24)29(18-10-11-18)28(32)35-16-23-21-7-3-1-5-19(21)20-6-2-4-8-22(20)23/h1-9,12,15,18,23,26H,10-11,13-14,16H2,(H,30,31). The van der Waals surface area contributed by atoms with E-state index in [1.54, 1.807) is 18.2 Å². The van der Waals surface area contributed by atoms with Crippen molar-refractivity contribution in [3.05, 3.63) is 83.4 Å². The zero-order valence-corrected chi connectivity index (χ0v) is 19.1. The summed E-state index contributed by atoms with van der Waals surface area (Å²) in [5.74, 6) is -0.140. The molecule has 1 unspecified atom stereocenters. The van der Waals surface area contributed by atoms with Crippen LogP contribution in [-0.2, 0) is 9.53 Å². The Balaban J connectivity index is 1.26. The summed E-state index contributed by atoms with van der Waals surface area (Å²) in [4.78, 5) is 27.2. The first-order valence-corrected chi connectivity index (χ1v) is 11.9. The number of nitrogens with zero attached hydrogens (tertiary/aromatic N) is 1. The molecule has 0 radical (unpaired) electrons. The Hall–Kier alpha value is -4.00. The minimum atomic E-state index is -1.17. The van der Waals surface area contributed by atoms with Gasteiger partial charge in [-0.3, -0.25) is 4.90 Å². The van der Waals surface area contributed by atoms with Crippen LogP contribution in [0.2, 0.25) is 0 Å². The van der Waals surface area contributed by atoms with Crippen molar-refractivity contribution in [2.24, 2.45) is 0 Å². The van der Waals surface area contributed by atoms with E-state index in [1.807, 2.05) is 24.3 Å². The SMILES string of the molecule is O=C(O)C(c1ccc2c(c1)OCCO2)N(C(=O)OCC1c2ccccc2-c2ccccc21)C1CC1. The van der Waals surface area contributed by atoms with E-state index in [9.17, 15) is 14.7 Å².